The SMILES string of the molecule is CCC(C)(C)C(=O)N[C@@H](Cc1cnc[nH]1)C(=O)OC. The van der Waals surface area contributed by atoms with Gasteiger partial charge in [-0.3, -0.25) is 4.79 Å². The number of aromatic amines is 1. The van der Waals surface area contributed by atoms with Gasteiger partial charge in [-0.15, -0.1) is 0 Å². The average molecular weight is 267 g/mol. The van der Waals surface area contributed by atoms with Crippen LogP contribution in [-0.2, 0) is 20.7 Å². The maximum atomic E-state index is 12.1. The van der Waals surface area contributed by atoms with E-state index in [1.807, 2.05) is 20.8 Å². The summed E-state index contributed by atoms with van der Waals surface area (Å²) in [6.45, 7) is 5.61. The van der Waals surface area contributed by atoms with Crippen LogP contribution in [-0.4, -0.2) is 35.0 Å². The van der Waals surface area contributed by atoms with Gasteiger partial charge in [0.15, 0.2) is 0 Å². The Kier molecular flexibility index (Phi) is 5.09. The number of carbonyl (C=O) groups is 2. The van der Waals surface area contributed by atoms with E-state index in [4.69, 9.17) is 4.74 Å². The van der Waals surface area contributed by atoms with E-state index < -0.39 is 17.4 Å². The van der Waals surface area contributed by atoms with Crippen molar-refractivity contribution in [3.8, 4) is 0 Å². The number of H-pyrrole nitrogens is 1. The Morgan fingerprint density at radius 2 is 2.21 bits per heavy atom. The predicted octanol–water partition coefficient (Wildman–Crippen LogP) is 1.05. The molecule has 0 aromatic carbocycles. The van der Waals surface area contributed by atoms with Gasteiger partial charge in [-0.25, -0.2) is 9.78 Å². The van der Waals surface area contributed by atoms with Gasteiger partial charge >= 0.3 is 5.97 Å². The molecule has 0 saturated heterocycles. The lowest BCUT2D eigenvalue weighted by atomic mass is 9.89. The Labute approximate surface area is 112 Å². The zero-order valence-corrected chi connectivity index (χ0v) is 11.8. The van der Waals surface area contributed by atoms with E-state index in [0.29, 0.717) is 12.8 Å². The third kappa shape index (κ3) is 4.08. The highest BCUT2D eigenvalue weighted by Gasteiger charge is 2.30. The molecule has 0 aliphatic carbocycles. The Balaban J connectivity index is 2.76. The zero-order chi connectivity index (χ0) is 14.5. The highest BCUT2D eigenvalue weighted by atomic mass is 16.5. The molecule has 0 radical (unpaired) electrons. The molecule has 0 aliphatic heterocycles. The van der Waals surface area contributed by atoms with Crippen LogP contribution >= 0.6 is 0 Å². The van der Waals surface area contributed by atoms with E-state index >= 15 is 0 Å². The Morgan fingerprint density at radius 3 is 2.68 bits per heavy atom. The average Bonchev–Trinajstić information content (AvgIpc) is 2.89. The number of nitrogens with one attached hydrogen (secondary N) is 2. The van der Waals surface area contributed by atoms with Crippen LogP contribution < -0.4 is 5.32 Å². The van der Waals surface area contributed by atoms with Crippen molar-refractivity contribution in [2.45, 2.75) is 39.7 Å². The summed E-state index contributed by atoms with van der Waals surface area (Å²) in [7, 11) is 1.30. The first-order chi connectivity index (χ1) is 8.90. The number of nitrogens with zero attached hydrogens (tertiary/aromatic N) is 1. The van der Waals surface area contributed by atoms with Crippen LogP contribution in [0.15, 0.2) is 12.5 Å². The van der Waals surface area contributed by atoms with Gasteiger partial charge in [0.2, 0.25) is 5.91 Å². The molecule has 1 atom stereocenters. The molecule has 6 nitrogen and oxygen atoms in total. The third-order valence-electron chi connectivity index (χ3n) is 3.27. The Bertz CT molecular complexity index is 426. The van der Waals surface area contributed by atoms with E-state index in [0.717, 1.165) is 5.69 Å². The van der Waals surface area contributed by atoms with Crippen molar-refractivity contribution < 1.29 is 14.3 Å². The molecule has 1 aromatic heterocycles. The lowest BCUT2D eigenvalue weighted by Gasteiger charge is -2.25. The number of amides is 1. The summed E-state index contributed by atoms with van der Waals surface area (Å²) in [6.07, 6.45) is 4.17. The molecule has 106 valence electrons. The maximum Gasteiger partial charge on any atom is 0.328 e. The van der Waals surface area contributed by atoms with E-state index in [1.165, 1.54) is 13.4 Å². The first-order valence-corrected chi connectivity index (χ1v) is 6.26. The lowest BCUT2D eigenvalue weighted by Crippen LogP contribution is -2.48. The second kappa shape index (κ2) is 6.36. The summed E-state index contributed by atoms with van der Waals surface area (Å²) >= 11 is 0. The van der Waals surface area contributed by atoms with Crippen LogP contribution in [0, 0.1) is 5.41 Å². The van der Waals surface area contributed by atoms with Gasteiger partial charge in [0.05, 0.1) is 13.4 Å². The van der Waals surface area contributed by atoms with Gasteiger partial charge in [0.25, 0.3) is 0 Å². The highest BCUT2D eigenvalue weighted by molar-refractivity contribution is 5.87. The number of methoxy groups -OCH3 is 1. The molecular formula is C13H21N3O3. The highest BCUT2D eigenvalue weighted by Crippen LogP contribution is 2.20. The summed E-state index contributed by atoms with van der Waals surface area (Å²) in [6, 6.07) is -0.705. The molecule has 19 heavy (non-hydrogen) atoms. The molecule has 6 heteroatoms. The van der Waals surface area contributed by atoms with Gasteiger partial charge in [-0.1, -0.05) is 20.8 Å². The van der Waals surface area contributed by atoms with Crippen LogP contribution in [0.3, 0.4) is 0 Å². The zero-order valence-electron chi connectivity index (χ0n) is 11.8. The van der Waals surface area contributed by atoms with E-state index in [-0.39, 0.29) is 5.91 Å². The molecule has 0 fully saturated rings. The number of rotatable bonds is 6. The van der Waals surface area contributed by atoms with Gasteiger partial charge in [-0.2, -0.15) is 0 Å². The van der Waals surface area contributed by atoms with Crippen molar-refractivity contribution in [1.82, 2.24) is 15.3 Å². The van der Waals surface area contributed by atoms with Crippen LogP contribution in [0.25, 0.3) is 0 Å². The summed E-state index contributed by atoms with van der Waals surface area (Å²) in [5.41, 5.74) is 0.255. The molecule has 0 saturated carbocycles. The number of hydrogen-bond donors (Lipinski definition) is 2. The van der Waals surface area contributed by atoms with Crippen LogP contribution in [0.1, 0.15) is 32.9 Å². The van der Waals surface area contributed by atoms with E-state index in [2.05, 4.69) is 15.3 Å². The fourth-order valence-electron chi connectivity index (χ4n) is 1.47. The number of ether oxygens (including phenoxy) is 1. The molecule has 1 rings (SSSR count). The predicted molar refractivity (Wildman–Crippen MR) is 70.3 cm³/mol. The topological polar surface area (TPSA) is 84.1 Å². The second-order valence-electron chi connectivity index (χ2n) is 5.07. The Morgan fingerprint density at radius 1 is 1.53 bits per heavy atom. The minimum atomic E-state index is -0.705. The van der Waals surface area contributed by atoms with Gasteiger partial charge in [0, 0.05) is 23.7 Å². The van der Waals surface area contributed by atoms with Gasteiger partial charge < -0.3 is 15.0 Å². The normalized spacial score (nSPS) is 12.8. The number of hydrogen-bond acceptors (Lipinski definition) is 4. The fraction of sp³-hybridized carbons (Fsp3) is 0.615. The summed E-state index contributed by atoms with van der Waals surface area (Å²) < 4.78 is 4.72. The maximum absolute atomic E-state index is 12.1. The molecule has 1 heterocycles. The standard InChI is InChI=1S/C13H21N3O3/c1-5-13(2,3)12(18)16-10(11(17)19-4)6-9-7-14-8-15-9/h7-8,10H,5-6H2,1-4H3,(H,14,15)(H,16,18)/t10-/m0/s1. The molecular weight excluding hydrogens is 246 g/mol. The first kappa shape index (κ1) is 15.2. The van der Waals surface area contributed by atoms with E-state index in [1.54, 1.807) is 6.20 Å². The molecule has 0 spiro atoms. The summed E-state index contributed by atoms with van der Waals surface area (Å²) in [5.74, 6) is -0.625. The van der Waals surface area contributed by atoms with Gasteiger partial charge in [0.1, 0.15) is 6.04 Å². The second-order valence-corrected chi connectivity index (χ2v) is 5.07. The van der Waals surface area contributed by atoms with Crippen LogP contribution in [0.4, 0.5) is 0 Å². The molecule has 1 amide bonds. The number of aromatic nitrogens is 2. The molecule has 2 N–H and O–H groups in total. The molecule has 0 unspecified atom stereocenters. The summed E-state index contributed by atoms with van der Waals surface area (Å²) in [5, 5.41) is 2.74. The first-order valence-electron chi connectivity index (χ1n) is 6.26. The van der Waals surface area contributed by atoms with Gasteiger partial charge in [-0.05, 0) is 6.42 Å². The largest absolute Gasteiger partial charge is 0.467 e. The lowest BCUT2D eigenvalue weighted by molar-refractivity contribution is -0.146. The van der Waals surface area contributed by atoms with Crippen LogP contribution in [0.5, 0.6) is 0 Å². The quantitative estimate of drug-likeness (QED) is 0.754. The molecule has 0 aliphatic rings. The van der Waals surface area contributed by atoms with Crippen molar-refractivity contribution in [3.63, 3.8) is 0 Å². The van der Waals surface area contributed by atoms with Crippen molar-refractivity contribution >= 4 is 11.9 Å². The van der Waals surface area contributed by atoms with Crippen molar-refractivity contribution in [2.75, 3.05) is 7.11 Å². The molecule has 1 aromatic rings. The van der Waals surface area contributed by atoms with Crippen molar-refractivity contribution in [1.29, 1.82) is 0 Å². The number of carbonyl (C=O) groups excluding carboxylic acids is 2. The fourth-order valence-corrected chi connectivity index (χ4v) is 1.47. The summed E-state index contributed by atoms with van der Waals surface area (Å²) in [4.78, 5) is 30.6. The van der Waals surface area contributed by atoms with Crippen molar-refractivity contribution in [3.05, 3.63) is 18.2 Å². The number of imidazole rings is 1. The van der Waals surface area contributed by atoms with Crippen LogP contribution in [0.2, 0.25) is 0 Å². The minimum Gasteiger partial charge on any atom is -0.467 e. The number of esters is 1. The van der Waals surface area contributed by atoms with E-state index in [9.17, 15) is 9.59 Å². The third-order valence-corrected chi connectivity index (χ3v) is 3.27. The minimum absolute atomic E-state index is 0.162. The smallest absolute Gasteiger partial charge is 0.328 e. The Hall–Kier alpha value is -1.85. The molecule has 0 bridgehead atoms. The van der Waals surface area contributed by atoms with Crippen molar-refractivity contribution in [2.24, 2.45) is 5.41 Å². The monoisotopic (exact) mass is 267 g/mol.